The lowest BCUT2D eigenvalue weighted by molar-refractivity contribution is 0.0395. The molecule has 0 radical (unpaired) electrons. The maximum absolute atomic E-state index is 12.1. The number of carbonyl (C=O) groups is 1. The smallest absolute Gasteiger partial charge is 0.354 e. The summed E-state index contributed by atoms with van der Waals surface area (Å²) >= 11 is 0. The molecular weight excluding hydrogens is 252 g/mol. The average Bonchev–Trinajstić information content (AvgIpc) is 3.10. The number of hydrogen-bond acceptors (Lipinski definition) is 3. The molecule has 0 spiro atoms. The van der Waals surface area contributed by atoms with Gasteiger partial charge >= 0.3 is 5.97 Å². The van der Waals surface area contributed by atoms with Crippen LogP contribution < -0.4 is 0 Å². The molecule has 4 heteroatoms. The van der Waals surface area contributed by atoms with Crippen molar-refractivity contribution in [1.29, 1.82) is 0 Å². The van der Waals surface area contributed by atoms with E-state index in [2.05, 4.69) is 16.8 Å². The summed E-state index contributed by atoms with van der Waals surface area (Å²) in [6.07, 6.45) is 2.32. The van der Waals surface area contributed by atoms with Crippen LogP contribution in [-0.4, -0.2) is 41.6 Å². The number of aromatic nitrogens is 1. The van der Waals surface area contributed by atoms with Gasteiger partial charge in [0.15, 0.2) is 0 Å². The lowest BCUT2D eigenvalue weighted by Crippen LogP contribution is -2.33. The molecule has 1 saturated heterocycles. The molecule has 106 valence electrons. The van der Waals surface area contributed by atoms with Crippen LogP contribution in [0.15, 0.2) is 30.3 Å². The summed E-state index contributed by atoms with van der Waals surface area (Å²) in [6, 6.07) is 10.1. The zero-order valence-electron chi connectivity index (χ0n) is 11.8. The van der Waals surface area contributed by atoms with Gasteiger partial charge in [0.25, 0.3) is 0 Å². The highest BCUT2D eigenvalue weighted by Gasteiger charge is 2.24. The van der Waals surface area contributed by atoms with Gasteiger partial charge in [-0.2, -0.15) is 0 Å². The van der Waals surface area contributed by atoms with E-state index >= 15 is 0 Å². The molecule has 1 aliphatic heterocycles. The highest BCUT2D eigenvalue weighted by molar-refractivity contribution is 5.94. The first-order valence-electron chi connectivity index (χ1n) is 7.27. The van der Waals surface area contributed by atoms with E-state index in [-0.39, 0.29) is 5.97 Å². The minimum Gasteiger partial charge on any atom is -0.459 e. The number of likely N-dealkylation sites (tertiary alicyclic amines) is 1. The Hall–Kier alpha value is -1.81. The molecule has 1 N–H and O–H groups in total. The SMILES string of the molecule is CCN1CCCC1COC(=O)c1cc2ccccc2[nH]1. The summed E-state index contributed by atoms with van der Waals surface area (Å²) in [5.74, 6) is -0.260. The molecule has 1 atom stereocenters. The first kappa shape index (κ1) is 13.2. The Labute approximate surface area is 118 Å². The van der Waals surface area contributed by atoms with Crippen molar-refractivity contribution >= 4 is 16.9 Å². The number of ether oxygens (including phenoxy) is 1. The van der Waals surface area contributed by atoms with Crippen molar-refractivity contribution in [2.24, 2.45) is 0 Å². The number of nitrogens with zero attached hydrogens (tertiary/aromatic N) is 1. The number of hydrogen-bond donors (Lipinski definition) is 1. The molecule has 1 fully saturated rings. The van der Waals surface area contributed by atoms with E-state index in [9.17, 15) is 4.79 Å². The van der Waals surface area contributed by atoms with Gasteiger partial charge in [-0.25, -0.2) is 4.79 Å². The van der Waals surface area contributed by atoms with Crippen molar-refractivity contribution in [3.8, 4) is 0 Å². The number of carbonyl (C=O) groups excluding carboxylic acids is 1. The third-order valence-electron chi connectivity index (χ3n) is 4.06. The molecule has 3 rings (SSSR count). The lowest BCUT2D eigenvalue weighted by atomic mass is 10.2. The van der Waals surface area contributed by atoms with Crippen LogP contribution in [0.1, 0.15) is 30.3 Å². The zero-order chi connectivity index (χ0) is 13.9. The number of nitrogens with one attached hydrogen (secondary N) is 1. The molecule has 20 heavy (non-hydrogen) atoms. The Kier molecular flexibility index (Phi) is 3.74. The highest BCUT2D eigenvalue weighted by atomic mass is 16.5. The molecule has 0 saturated carbocycles. The monoisotopic (exact) mass is 272 g/mol. The molecule has 2 aromatic rings. The fourth-order valence-corrected chi connectivity index (χ4v) is 2.93. The summed E-state index contributed by atoms with van der Waals surface area (Å²) in [7, 11) is 0. The first-order valence-corrected chi connectivity index (χ1v) is 7.27. The number of rotatable bonds is 4. The molecule has 1 aromatic heterocycles. The van der Waals surface area contributed by atoms with Crippen LogP contribution in [0, 0.1) is 0 Å². The standard InChI is InChI=1S/C16H20N2O2/c1-2-18-9-5-7-13(18)11-20-16(19)15-10-12-6-3-4-8-14(12)17-15/h3-4,6,8,10,13,17H,2,5,7,9,11H2,1H3. The lowest BCUT2D eigenvalue weighted by Gasteiger charge is -2.21. The second kappa shape index (κ2) is 5.67. The van der Waals surface area contributed by atoms with Gasteiger partial charge in [0.1, 0.15) is 12.3 Å². The molecular formula is C16H20N2O2. The van der Waals surface area contributed by atoms with Gasteiger partial charge in [0.05, 0.1) is 0 Å². The Bertz CT molecular complexity index is 572. The van der Waals surface area contributed by atoms with E-state index in [4.69, 9.17) is 4.74 Å². The Morgan fingerprint density at radius 1 is 1.45 bits per heavy atom. The number of fused-ring (bicyclic) bond motifs is 1. The number of H-pyrrole nitrogens is 1. The van der Waals surface area contributed by atoms with Crippen LogP contribution in [0.3, 0.4) is 0 Å². The predicted octanol–water partition coefficient (Wildman–Crippen LogP) is 2.81. The van der Waals surface area contributed by atoms with Gasteiger partial charge in [-0.3, -0.25) is 4.90 Å². The van der Waals surface area contributed by atoms with Crippen LogP contribution in [0.4, 0.5) is 0 Å². The summed E-state index contributed by atoms with van der Waals surface area (Å²) < 4.78 is 5.46. The first-order chi connectivity index (χ1) is 9.78. The van der Waals surface area contributed by atoms with Crippen LogP contribution in [0.25, 0.3) is 10.9 Å². The van der Waals surface area contributed by atoms with Gasteiger partial charge in [-0.15, -0.1) is 0 Å². The normalized spacial score (nSPS) is 19.6. The highest BCUT2D eigenvalue weighted by Crippen LogP contribution is 2.18. The van der Waals surface area contributed by atoms with E-state index in [1.165, 1.54) is 6.42 Å². The fourth-order valence-electron chi connectivity index (χ4n) is 2.93. The van der Waals surface area contributed by atoms with E-state index < -0.39 is 0 Å². The molecule has 1 unspecified atom stereocenters. The zero-order valence-corrected chi connectivity index (χ0v) is 11.8. The number of para-hydroxylation sites is 1. The van der Waals surface area contributed by atoms with Gasteiger partial charge in [-0.05, 0) is 38.1 Å². The third kappa shape index (κ3) is 2.56. The largest absolute Gasteiger partial charge is 0.459 e. The van der Waals surface area contributed by atoms with Gasteiger partial charge in [-0.1, -0.05) is 25.1 Å². The second-order valence-electron chi connectivity index (χ2n) is 5.29. The number of esters is 1. The Morgan fingerprint density at radius 2 is 2.30 bits per heavy atom. The maximum Gasteiger partial charge on any atom is 0.354 e. The predicted molar refractivity (Wildman–Crippen MR) is 78.9 cm³/mol. The topological polar surface area (TPSA) is 45.3 Å². The summed E-state index contributed by atoms with van der Waals surface area (Å²) in [5.41, 5.74) is 1.50. The molecule has 1 aromatic carbocycles. The van der Waals surface area contributed by atoms with Crippen molar-refractivity contribution in [2.45, 2.75) is 25.8 Å². The number of benzene rings is 1. The average molecular weight is 272 g/mol. The Balaban J connectivity index is 1.64. The van der Waals surface area contributed by atoms with Gasteiger partial charge in [0.2, 0.25) is 0 Å². The number of aromatic amines is 1. The van der Waals surface area contributed by atoms with E-state index in [1.54, 1.807) is 0 Å². The van der Waals surface area contributed by atoms with Crippen molar-refractivity contribution in [3.63, 3.8) is 0 Å². The number of likely N-dealkylation sites (N-methyl/N-ethyl adjacent to an activating group) is 1. The molecule has 0 bridgehead atoms. The van der Waals surface area contributed by atoms with Crippen molar-refractivity contribution in [2.75, 3.05) is 19.7 Å². The molecule has 4 nitrogen and oxygen atoms in total. The van der Waals surface area contributed by atoms with E-state index in [1.807, 2.05) is 30.3 Å². The maximum atomic E-state index is 12.1. The van der Waals surface area contributed by atoms with Crippen molar-refractivity contribution in [3.05, 3.63) is 36.0 Å². The molecule has 1 aliphatic rings. The quantitative estimate of drug-likeness (QED) is 0.870. The summed E-state index contributed by atoms with van der Waals surface area (Å²) in [6.45, 7) is 4.78. The molecule has 0 aliphatic carbocycles. The van der Waals surface area contributed by atoms with Crippen LogP contribution in [0.5, 0.6) is 0 Å². The fraction of sp³-hybridized carbons (Fsp3) is 0.438. The van der Waals surface area contributed by atoms with Crippen molar-refractivity contribution in [1.82, 2.24) is 9.88 Å². The second-order valence-corrected chi connectivity index (χ2v) is 5.29. The minimum atomic E-state index is -0.260. The van der Waals surface area contributed by atoms with Gasteiger partial charge < -0.3 is 9.72 Å². The summed E-state index contributed by atoms with van der Waals surface area (Å²) in [4.78, 5) is 17.6. The van der Waals surface area contributed by atoms with Crippen LogP contribution >= 0.6 is 0 Å². The molecule has 2 heterocycles. The summed E-state index contributed by atoms with van der Waals surface area (Å²) in [5, 5.41) is 1.04. The van der Waals surface area contributed by atoms with E-state index in [0.29, 0.717) is 18.3 Å². The van der Waals surface area contributed by atoms with Crippen LogP contribution in [0.2, 0.25) is 0 Å². The van der Waals surface area contributed by atoms with Gasteiger partial charge in [0, 0.05) is 16.9 Å². The van der Waals surface area contributed by atoms with Crippen molar-refractivity contribution < 1.29 is 9.53 Å². The van der Waals surface area contributed by atoms with E-state index in [0.717, 1.165) is 30.4 Å². The van der Waals surface area contributed by atoms with Crippen LogP contribution in [-0.2, 0) is 4.74 Å². The molecule has 0 amide bonds. The Morgan fingerprint density at radius 3 is 3.10 bits per heavy atom. The minimum absolute atomic E-state index is 0.260. The third-order valence-corrected chi connectivity index (χ3v) is 4.06.